The topological polar surface area (TPSA) is 78.9 Å². The second kappa shape index (κ2) is 51.2. The molecule has 0 saturated carbocycles. The summed E-state index contributed by atoms with van der Waals surface area (Å²) in [7, 11) is 0. The number of hydrogen-bond donors (Lipinski definition) is 0. The predicted molar refractivity (Wildman–Crippen MR) is 274 cm³/mol. The first-order valence-corrected chi connectivity index (χ1v) is 25.3. The first-order valence-electron chi connectivity index (χ1n) is 25.3. The van der Waals surface area contributed by atoms with Crippen molar-refractivity contribution in [1.29, 1.82) is 0 Å². The van der Waals surface area contributed by atoms with Gasteiger partial charge in [-0.3, -0.25) is 14.4 Å². The van der Waals surface area contributed by atoms with Crippen molar-refractivity contribution in [2.24, 2.45) is 0 Å². The van der Waals surface area contributed by atoms with Crippen LogP contribution in [0.15, 0.2) is 134 Å². The van der Waals surface area contributed by atoms with E-state index in [0.29, 0.717) is 19.3 Å². The molecular weight excluding hydrogens is 793 g/mol. The third kappa shape index (κ3) is 48.6. The highest BCUT2D eigenvalue weighted by Gasteiger charge is 2.19. The number of rotatable bonds is 43. The Morgan fingerprint density at radius 3 is 1.20 bits per heavy atom. The minimum Gasteiger partial charge on any atom is -0.462 e. The molecule has 0 saturated heterocycles. The van der Waals surface area contributed by atoms with Crippen LogP contribution in [0.2, 0.25) is 0 Å². The molecule has 0 heterocycles. The molecule has 0 aliphatic rings. The molecule has 0 bridgehead atoms. The molecule has 358 valence electrons. The van der Waals surface area contributed by atoms with E-state index in [9.17, 15) is 14.4 Å². The van der Waals surface area contributed by atoms with E-state index < -0.39 is 6.10 Å². The van der Waals surface area contributed by atoms with Crippen LogP contribution >= 0.6 is 0 Å². The maximum Gasteiger partial charge on any atom is 0.306 e. The summed E-state index contributed by atoms with van der Waals surface area (Å²) < 4.78 is 16.7. The Kier molecular flexibility index (Phi) is 47.6. The Morgan fingerprint density at radius 1 is 0.344 bits per heavy atom. The third-order valence-electron chi connectivity index (χ3n) is 10.0. The van der Waals surface area contributed by atoms with Crippen LogP contribution in [0, 0.1) is 0 Å². The molecule has 0 aliphatic heterocycles. The van der Waals surface area contributed by atoms with Crippen LogP contribution < -0.4 is 0 Å². The van der Waals surface area contributed by atoms with E-state index >= 15 is 0 Å². The number of allylic oxidation sites excluding steroid dienone is 22. The minimum absolute atomic E-state index is 0.122. The molecule has 0 fully saturated rings. The molecule has 0 N–H and O–H groups in total. The highest BCUT2D eigenvalue weighted by molar-refractivity contribution is 5.71. The summed E-state index contributed by atoms with van der Waals surface area (Å²) >= 11 is 0. The van der Waals surface area contributed by atoms with Gasteiger partial charge in [-0.2, -0.15) is 0 Å². The van der Waals surface area contributed by atoms with Crippen molar-refractivity contribution in [2.75, 3.05) is 13.2 Å². The normalized spacial score (nSPS) is 13.2. The summed E-state index contributed by atoms with van der Waals surface area (Å²) in [5.74, 6) is -1.06. The summed E-state index contributed by atoms with van der Waals surface area (Å²) in [5.41, 5.74) is 0. The van der Waals surface area contributed by atoms with Crippen molar-refractivity contribution in [1.82, 2.24) is 0 Å². The van der Waals surface area contributed by atoms with Gasteiger partial charge >= 0.3 is 17.9 Å². The van der Waals surface area contributed by atoms with Crippen molar-refractivity contribution >= 4 is 17.9 Å². The molecule has 0 aromatic carbocycles. The lowest BCUT2D eigenvalue weighted by Crippen LogP contribution is -2.30. The highest BCUT2D eigenvalue weighted by atomic mass is 16.6. The SMILES string of the molecule is CC\C=C/C=C\C=C/C=C\C=C/CCCCCC(=O)OC(COC(=O)CC/C=C\C/C=C\C/C=C\C/C=C\C/C=C\C/C=C\CC)COC(=O)CCCCCCCCCCCCCC. The Bertz CT molecular complexity index is 1430. The molecule has 0 amide bonds. The van der Waals surface area contributed by atoms with Crippen molar-refractivity contribution < 1.29 is 28.6 Å². The predicted octanol–water partition coefficient (Wildman–Crippen LogP) is 16.7. The lowest BCUT2D eigenvalue weighted by atomic mass is 10.0. The fourth-order valence-corrected chi connectivity index (χ4v) is 6.31. The van der Waals surface area contributed by atoms with Gasteiger partial charge in [0.15, 0.2) is 6.10 Å². The van der Waals surface area contributed by atoms with Gasteiger partial charge in [-0.25, -0.2) is 0 Å². The Balaban J connectivity index is 4.60. The summed E-state index contributed by atoms with van der Waals surface area (Å²) in [6.07, 6.45) is 71.6. The van der Waals surface area contributed by atoms with Gasteiger partial charge in [0.25, 0.3) is 0 Å². The molecule has 0 aromatic heterocycles. The van der Waals surface area contributed by atoms with Crippen molar-refractivity contribution in [3.05, 3.63) is 134 Å². The largest absolute Gasteiger partial charge is 0.462 e. The van der Waals surface area contributed by atoms with Gasteiger partial charge < -0.3 is 14.2 Å². The van der Waals surface area contributed by atoms with Gasteiger partial charge in [-0.1, -0.05) is 231 Å². The maximum atomic E-state index is 12.8. The quantitative estimate of drug-likeness (QED) is 0.0200. The first kappa shape index (κ1) is 59.6. The van der Waals surface area contributed by atoms with Crippen LogP contribution in [0.1, 0.15) is 194 Å². The van der Waals surface area contributed by atoms with E-state index in [1.54, 1.807) is 0 Å². The Morgan fingerprint density at radius 2 is 0.719 bits per heavy atom. The molecule has 0 radical (unpaired) electrons. The number of carbonyl (C=O) groups is 3. The summed E-state index contributed by atoms with van der Waals surface area (Å²) in [6.45, 7) is 6.25. The number of hydrogen-bond acceptors (Lipinski definition) is 6. The molecule has 0 rings (SSSR count). The van der Waals surface area contributed by atoms with Gasteiger partial charge in [0.2, 0.25) is 0 Å². The molecular formula is C58H90O6. The summed E-state index contributed by atoms with van der Waals surface area (Å²) in [6, 6.07) is 0. The fourth-order valence-electron chi connectivity index (χ4n) is 6.31. The van der Waals surface area contributed by atoms with E-state index in [0.717, 1.165) is 83.5 Å². The van der Waals surface area contributed by atoms with Gasteiger partial charge in [-0.15, -0.1) is 0 Å². The third-order valence-corrected chi connectivity index (χ3v) is 10.0. The van der Waals surface area contributed by atoms with Crippen LogP contribution in [-0.2, 0) is 28.6 Å². The van der Waals surface area contributed by atoms with Gasteiger partial charge in [0.1, 0.15) is 13.2 Å². The second-order valence-corrected chi connectivity index (χ2v) is 16.1. The average molecular weight is 883 g/mol. The van der Waals surface area contributed by atoms with Gasteiger partial charge in [0, 0.05) is 19.3 Å². The van der Waals surface area contributed by atoms with Crippen LogP contribution in [0.5, 0.6) is 0 Å². The average Bonchev–Trinajstić information content (AvgIpc) is 3.29. The van der Waals surface area contributed by atoms with Crippen LogP contribution in [-0.4, -0.2) is 37.2 Å². The minimum atomic E-state index is -0.833. The first-order chi connectivity index (χ1) is 31.5. The van der Waals surface area contributed by atoms with Crippen molar-refractivity contribution in [3.63, 3.8) is 0 Å². The molecule has 0 aliphatic carbocycles. The standard InChI is InChI=1S/C58H90O6/c1-4-7-10-13-16-19-22-25-27-28-29-30-32-33-36-39-42-45-48-51-57(60)63-54-55(53-62-56(59)50-47-44-41-38-35-24-21-18-15-12-9-6-3)64-58(61)52-49-46-43-40-37-34-31-26-23-20-17-14-11-8-5-2/h7-8,10-11,14,16-17,19-20,23,25-27,29-31,33-34,36-37,42,45,55H,4-6,9,12-13,15,18,21-22,24,28,32,35,38-41,43-44,46-54H2,1-3H3/b10-7-,11-8-,17-14-,19-16-,23-20-,27-25-,30-29-,31-26-,36-33-,37-34-,45-42-. The lowest BCUT2D eigenvalue weighted by Gasteiger charge is -2.18. The molecule has 6 nitrogen and oxygen atoms in total. The number of esters is 3. The van der Waals surface area contributed by atoms with Crippen LogP contribution in [0.3, 0.4) is 0 Å². The van der Waals surface area contributed by atoms with Gasteiger partial charge in [-0.05, 0) is 77.0 Å². The summed E-state index contributed by atoms with van der Waals surface area (Å²) in [4.78, 5) is 37.9. The summed E-state index contributed by atoms with van der Waals surface area (Å²) in [5, 5.41) is 0. The van der Waals surface area contributed by atoms with Gasteiger partial charge in [0.05, 0.1) is 0 Å². The van der Waals surface area contributed by atoms with E-state index in [1.165, 1.54) is 57.8 Å². The van der Waals surface area contributed by atoms with Crippen molar-refractivity contribution in [3.8, 4) is 0 Å². The van der Waals surface area contributed by atoms with E-state index in [-0.39, 0.29) is 44.0 Å². The number of ether oxygens (including phenoxy) is 3. The highest BCUT2D eigenvalue weighted by Crippen LogP contribution is 2.13. The molecule has 1 atom stereocenters. The van der Waals surface area contributed by atoms with E-state index in [4.69, 9.17) is 14.2 Å². The molecule has 6 heteroatoms. The maximum absolute atomic E-state index is 12.8. The fraction of sp³-hybridized carbons (Fsp3) is 0.569. The Labute approximate surface area is 392 Å². The van der Waals surface area contributed by atoms with Crippen molar-refractivity contribution in [2.45, 2.75) is 200 Å². The molecule has 0 spiro atoms. The zero-order valence-electron chi connectivity index (χ0n) is 40.7. The molecule has 0 aromatic rings. The number of carbonyl (C=O) groups excluding carboxylic acids is 3. The zero-order chi connectivity index (χ0) is 46.5. The smallest absolute Gasteiger partial charge is 0.306 e. The van der Waals surface area contributed by atoms with Crippen LogP contribution in [0.25, 0.3) is 0 Å². The number of unbranched alkanes of at least 4 members (excludes halogenated alkanes) is 14. The zero-order valence-corrected chi connectivity index (χ0v) is 40.7. The lowest BCUT2D eigenvalue weighted by molar-refractivity contribution is -0.166. The molecule has 1 unspecified atom stereocenters. The Hall–Kier alpha value is -4.45. The monoisotopic (exact) mass is 883 g/mol. The van der Waals surface area contributed by atoms with Crippen LogP contribution in [0.4, 0.5) is 0 Å². The second-order valence-electron chi connectivity index (χ2n) is 16.1. The molecule has 64 heavy (non-hydrogen) atoms. The van der Waals surface area contributed by atoms with E-state index in [1.807, 2.05) is 60.8 Å². The van der Waals surface area contributed by atoms with E-state index in [2.05, 4.69) is 93.7 Å².